The van der Waals surface area contributed by atoms with Crippen LogP contribution in [0.4, 0.5) is 21.5 Å². The molecule has 3 amide bonds. The molecular weight excluding hydrogens is 633 g/mol. The zero-order valence-electron chi connectivity index (χ0n) is 25.1. The second kappa shape index (κ2) is 14.5. The summed E-state index contributed by atoms with van der Waals surface area (Å²) in [6, 6.07) is 35.5. The van der Waals surface area contributed by atoms with E-state index in [-0.39, 0.29) is 27.9 Å². The van der Waals surface area contributed by atoms with Crippen molar-refractivity contribution in [3.8, 4) is 0 Å². The molecule has 0 bridgehead atoms. The number of anilines is 3. The molecule has 0 aromatic heterocycles. The van der Waals surface area contributed by atoms with Crippen LogP contribution in [0, 0.1) is 5.82 Å². The van der Waals surface area contributed by atoms with Crippen LogP contribution in [-0.4, -0.2) is 23.5 Å². The molecule has 5 aromatic carbocycles. The first-order valence-corrected chi connectivity index (χ1v) is 16.3. The molecule has 9 heteroatoms. The summed E-state index contributed by atoms with van der Waals surface area (Å²) < 4.78 is 14.7. The minimum atomic E-state index is -0.676. The fourth-order valence-corrected chi connectivity index (χ4v) is 6.38. The molecule has 47 heavy (non-hydrogen) atoms. The average Bonchev–Trinajstić information content (AvgIpc) is 3.26. The van der Waals surface area contributed by atoms with E-state index in [2.05, 4.69) is 22.8 Å². The summed E-state index contributed by atoms with van der Waals surface area (Å²) >= 11 is 7.58. The number of nitrogens with zero attached hydrogens (tertiary/aromatic N) is 1. The van der Waals surface area contributed by atoms with Gasteiger partial charge < -0.3 is 10.6 Å². The largest absolute Gasteiger partial charge is 0.321 e. The normalized spacial score (nSPS) is 12.4. The van der Waals surface area contributed by atoms with E-state index in [9.17, 15) is 18.8 Å². The van der Waals surface area contributed by atoms with Crippen LogP contribution in [0.25, 0.3) is 6.08 Å². The van der Waals surface area contributed by atoms with Crippen LogP contribution in [0.5, 0.6) is 0 Å². The monoisotopic (exact) mass is 661 g/mol. The highest BCUT2D eigenvalue weighted by Gasteiger charge is 2.25. The molecule has 0 unspecified atom stereocenters. The lowest BCUT2D eigenvalue weighted by molar-refractivity contribution is -0.115. The van der Waals surface area contributed by atoms with Crippen molar-refractivity contribution < 1.29 is 18.8 Å². The average molecular weight is 662 g/mol. The zero-order valence-corrected chi connectivity index (χ0v) is 26.7. The Balaban J connectivity index is 1.21. The SMILES string of the molecule is O=C(Nc1cccc(SCC(=O)N2c3ccccc3CCc3ccccc32)c1)/C(=C/c1c(F)cccc1Cl)NC(=O)c1ccccc1. The van der Waals surface area contributed by atoms with Crippen molar-refractivity contribution in [2.24, 2.45) is 0 Å². The number of aryl methyl sites for hydroxylation is 2. The molecule has 0 atom stereocenters. The molecule has 6 nitrogen and oxygen atoms in total. The molecule has 0 radical (unpaired) electrons. The molecule has 234 valence electrons. The molecule has 1 aliphatic rings. The highest BCUT2D eigenvalue weighted by molar-refractivity contribution is 8.00. The van der Waals surface area contributed by atoms with E-state index in [4.69, 9.17) is 11.6 Å². The maximum atomic E-state index is 14.7. The number of hydrogen-bond donors (Lipinski definition) is 2. The van der Waals surface area contributed by atoms with Gasteiger partial charge in [0, 0.05) is 21.7 Å². The lowest BCUT2D eigenvalue weighted by Gasteiger charge is -2.25. The minimum Gasteiger partial charge on any atom is -0.321 e. The summed E-state index contributed by atoms with van der Waals surface area (Å²) in [6.45, 7) is 0. The lowest BCUT2D eigenvalue weighted by atomic mass is 10.0. The molecule has 0 saturated heterocycles. The number of thioether (sulfide) groups is 1. The predicted octanol–water partition coefficient (Wildman–Crippen LogP) is 8.44. The second-order valence-corrected chi connectivity index (χ2v) is 12.2. The zero-order chi connectivity index (χ0) is 32.8. The van der Waals surface area contributed by atoms with Crippen molar-refractivity contribution in [3.05, 3.63) is 160 Å². The Kier molecular flexibility index (Phi) is 9.80. The van der Waals surface area contributed by atoms with Crippen molar-refractivity contribution >= 4 is 64.2 Å². The first-order chi connectivity index (χ1) is 22.9. The third kappa shape index (κ3) is 7.46. The molecule has 1 heterocycles. The van der Waals surface area contributed by atoms with Crippen molar-refractivity contribution in [2.45, 2.75) is 17.7 Å². The fraction of sp³-hybridized carbons (Fsp3) is 0.0789. The van der Waals surface area contributed by atoms with Gasteiger partial charge in [-0.25, -0.2) is 4.39 Å². The van der Waals surface area contributed by atoms with Gasteiger partial charge in [0.25, 0.3) is 11.8 Å². The van der Waals surface area contributed by atoms with E-state index in [1.165, 1.54) is 36.0 Å². The van der Waals surface area contributed by atoms with Crippen LogP contribution in [0.3, 0.4) is 0 Å². The summed E-state index contributed by atoms with van der Waals surface area (Å²) in [7, 11) is 0. The number of hydrogen-bond acceptors (Lipinski definition) is 4. The Bertz CT molecular complexity index is 1930. The Hall–Kier alpha value is -5.18. The molecule has 0 fully saturated rings. The van der Waals surface area contributed by atoms with Crippen molar-refractivity contribution in [3.63, 3.8) is 0 Å². The van der Waals surface area contributed by atoms with Gasteiger partial charge in [-0.15, -0.1) is 11.8 Å². The highest BCUT2D eigenvalue weighted by atomic mass is 35.5. The van der Waals surface area contributed by atoms with Gasteiger partial charge in [0.2, 0.25) is 5.91 Å². The van der Waals surface area contributed by atoms with Crippen LogP contribution >= 0.6 is 23.4 Å². The van der Waals surface area contributed by atoms with Gasteiger partial charge in [0.05, 0.1) is 22.2 Å². The Morgan fingerprint density at radius 2 is 1.43 bits per heavy atom. The van der Waals surface area contributed by atoms with Crippen LogP contribution in [0.15, 0.2) is 132 Å². The van der Waals surface area contributed by atoms with Crippen molar-refractivity contribution in [1.82, 2.24) is 5.32 Å². The third-order valence-electron chi connectivity index (χ3n) is 7.65. The Morgan fingerprint density at radius 3 is 2.11 bits per heavy atom. The number of amides is 3. The predicted molar refractivity (Wildman–Crippen MR) is 187 cm³/mol. The fourth-order valence-electron chi connectivity index (χ4n) is 5.36. The molecule has 2 N–H and O–H groups in total. The first-order valence-electron chi connectivity index (χ1n) is 14.9. The van der Waals surface area contributed by atoms with Crippen molar-refractivity contribution in [2.75, 3.05) is 16.0 Å². The van der Waals surface area contributed by atoms with Crippen LogP contribution in [0.1, 0.15) is 27.0 Å². The van der Waals surface area contributed by atoms with E-state index < -0.39 is 17.6 Å². The van der Waals surface area contributed by atoms with Gasteiger partial charge in [0.15, 0.2) is 0 Å². The first kappa shape index (κ1) is 31.8. The summed E-state index contributed by atoms with van der Waals surface area (Å²) in [5.41, 5.74) is 4.52. The summed E-state index contributed by atoms with van der Waals surface area (Å²) in [6.07, 6.45) is 2.90. The van der Waals surface area contributed by atoms with Gasteiger partial charge in [-0.1, -0.05) is 78.3 Å². The highest BCUT2D eigenvalue weighted by Crippen LogP contribution is 2.37. The number of halogens is 2. The third-order valence-corrected chi connectivity index (χ3v) is 8.96. The summed E-state index contributed by atoms with van der Waals surface area (Å²) in [5.74, 6) is -1.77. The maximum absolute atomic E-state index is 14.7. The molecular formula is C38H29ClFN3O3S. The number of para-hydroxylation sites is 2. The van der Waals surface area contributed by atoms with Crippen molar-refractivity contribution in [1.29, 1.82) is 0 Å². The van der Waals surface area contributed by atoms with Gasteiger partial charge in [0.1, 0.15) is 11.5 Å². The number of fused-ring (bicyclic) bond motifs is 2. The van der Waals surface area contributed by atoms with Crippen LogP contribution in [0.2, 0.25) is 5.02 Å². The molecule has 1 aliphatic heterocycles. The van der Waals surface area contributed by atoms with E-state index in [0.29, 0.717) is 11.3 Å². The molecule has 0 spiro atoms. The number of rotatable bonds is 8. The summed E-state index contributed by atoms with van der Waals surface area (Å²) in [4.78, 5) is 42.9. The molecule has 0 aliphatic carbocycles. The molecule has 5 aromatic rings. The van der Waals surface area contributed by atoms with E-state index >= 15 is 0 Å². The van der Waals surface area contributed by atoms with Gasteiger partial charge >= 0.3 is 0 Å². The topological polar surface area (TPSA) is 78.5 Å². The van der Waals surface area contributed by atoms with E-state index in [1.54, 1.807) is 53.4 Å². The summed E-state index contributed by atoms with van der Waals surface area (Å²) in [5, 5.41) is 5.47. The quantitative estimate of drug-likeness (QED) is 0.129. The standard InChI is InChI=1S/C38H29ClFN3O3S/c39-31-16-9-17-32(40)30(31)23-33(42-37(45)27-12-2-1-3-13-27)38(46)41-28-14-8-15-29(22-28)47-24-36(44)43-34-18-6-4-10-25(34)20-21-26-11-5-7-19-35(26)43/h1-19,22-23H,20-21,24H2,(H,41,46)(H,42,45)/b33-23-. The maximum Gasteiger partial charge on any atom is 0.272 e. The minimum absolute atomic E-state index is 0.0350. The molecule has 6 rings (SSSR count). The Morgan fingerprint density at radius 1 is 0.787 bits per heavy atom. The molecule has 0 saturated carbocycles. The second-order valence-electron chi connectivity index (χ2n) is 10.8. The van der Waals surface area contributed by atoms with E-state index in [1.807, 2.05) is 42.5 Å². The number of benzene rings is 5. The van der Waals surface area contributed by atoms with Crippen LogP contribution < -0.4 is 15.5 Å². The number of carbonyl (C=O) groups is 3. The lowest BCUT2D eigenvalue weighted by Crippen LogP contribution is -2.30. The number of nitrogens with one attached hydrogen (secondary N) is 2. The smallest absolute Gasteiger partial charge is 0.272 e. The Labute approximate surface area is 281 Å². The van der Waals surface area contributed by atoms with Gasteiger partial charge in [-0.3, -0.25) is 19.3 Å². The van der Waals surface area contributed by atoms with E-state index in [0.717, 1.165) is 40.2 Å². The van der Waals surface area contributed by atoms with Crippen LogP contribution in [-0.2, 0) is 22.4 Å². The van der Waals surface area contributed by atoms with Gasteiger partial charge in [-0.2, -0.15) is 0 Å². The van der Waals surface area contributed by atoms with Gasteiger partial charge in [-0.05, 0) is 84.6 Å². The number of carbonyl (C=O) groups excluding carboxylic acids is 3.